The summed E-state index contributed by atoms with van der Waals surface area (Å²) in [6.45, 7) is 0. The summed E-state index contributed by atoms with van der Waals surface area (Å²) in [4.78, 5) is 0. The second-order valence-corrected chi connectivity index (χ2v) is 9.37. The molecule has 0 nitrogen and oxygen atoms in total. The Labute approximate surface area is 254 Å². The minimum Gasteiger partial charge on any atom is -0.0622 e. The second-order valence-electron chi connectivity index (χ2n) is 9.37. The molecule has 0 aliphatic heterocycles. The Balaban J connectivity index is 1.66. The highest BCUT2D eigenvalue weighted by Crippen LogP contribution is 2.46. The predicted octanol–water partition coefficient (Wildman–Crippen LogP) is 11.3. The van der Waals surface area contributed by atoms with E-state index in [4.69, 9.17) is 15.1 Å². The maximum atomic E-state index is 9.28. The van der Waals surface area contributed by atoms with Gasteiger partial charge in [0.1, 0.15) is 0 Å². The maximum Gasteiger partial charge on any atom is 0.0629 e. The molecule has 0 heteroatoms. The third-order valence-electron chi connectivity index (χ3n) is 7.22. The van der Waals surface area contributed by atoms with E-state index in [1.807, 2.05) is 42.5 Å². The van der Waals surface area contributed by atoms with Crippen LogP contribution in [0.1, 0.15) is 20.6 Å². The van der Waals surface area contributed by atoms with Crippen molar-refractivity contribution in [2.45, 2.75) is 0 Å². The molecule has 0 aromatic heterocycles. The van der Waals surface area contributed by atoms with Gasteiger partial charge in [0.25, 0.3) is 0 Å². The Hall–Kier alpha value is -5.20. The Bertz CT molecular complexity index is 3010. The van der Waals surface area contributed by atoms with Gasteiger partial charge in [-0.1, -0.05) is 151 Å². The summed E-state index contributed by atoms with van der Waals surface area (Å²) in [5, 5.41) is 1.66. The molecule has 0 aliphatic rings. The van der Waals surface area contributed by atoms with Gasteiger partial charge in [0.05, 0.1) is 20.6 Å². The van der Waals surface area contributed by atoms with Crippen molar-refractivity contribution in [3.8, 4) is 33.4 Å². The minimum atomic E-state index is -0.722. The van der Waals surface area contributed by atoms with Gasteiger partial charge < -0.3 is 0 Å². The van der Waals surface area contributed by atoms with Crippen molar-refractivity contribution in [2.75, 3.05) is 0 Å². The van der Waals surface area contributed by atoms with Gasteiger partial charge in [0.2, 0.25) is 0 Å². The lowest BCUT2D eigenvalue weighted by molar-refractivity contribution is 1.65. The molecule has 40 heavy (non-hydrogen) atoms. The van der Waals surface area contributed by atoms with Crippen LogP contribution in [0.4, 0.5) is 0 Å². The molecule has 0 spiro atoms. The van der Waals surface area contributed by atoms with Gasteiger partial charge >= 0.3 is 0 Å². The molecular weight excluding hydrogens is 480 g/mol. The molecule has 0 bridgehead atoms. The van der Waals surface area contributed by atoms with Crippen molar-refractivity contribution in [3.63, 3.8) is 0 Å². The van der Waals surface area contributed by atoms with Gasteiger partial charge in [0, 0.05) is 0 Å². The zero-order valence-electron chi connectivity index (χ0n) is 35.9. The molecule has 8 rings (SSSR count). The van der Waals surface area contributed by atoms with E-state index in [0.717, 1.165) is 10.8 Å². The van der Waals surface area contributed by atoms with Crippen LogP contribution < -0.4 is 0 Å². The average molecular weight is 522 g/mol. The lowest BCUT2D eigenvalue weighted by Crippen LogP contribution is -1.92. The van der Waals surface area contributed by atoms with Crippen LogP contribution in [-0.4, -0.2) is 0 Å². The molecule has 0 unspecified atom stereocenters. The number of hydrogen-bond acceptors (Lipinski definition) is 0. The molecule has 0 saturated heterocycles. The molecule has 0 fully saturated rings. The fourth-order valence-electron chi connectivity index (χ4n) is 5.49. The normalized spacial score (nSPS) is 16.8. The number of fused-ring (bicyclic) bond motifs is 4. The Morgan fingerprint density at radius 1 is 0.350 bits per heavy atom. The van der Waals surface area contributed by atoms with Crippen molar-refractivity contribution in [1.29, 1.82) is 0 Å². The van der Waals surface area contributed by atoms with Gasteiger partial charge in [-0.15, -0.1) is 0 Å². The monoisotopic (exact) mass is 521 g/mol. The summed E-state index contributed by atoms with van der Waals surface area (Å²) >= 11 is 0. The zero-order valence-corrected chi connectivity index (χ0v) is 20.9. The van der Waals surface area contributed by atoms with E-state index in [0.29, 0.717) is 16.5 Å². The van der Waals surface area contributed by atoms with Crippen LogP contribution >= 0.6 is 0 Å². The van der Waals surface area contributed by atoms with Crippen molar-refractivity contribution >= 4 is 43.1 Å². The lowest BCUT2D eigenvalue weighted by atomic mass is 9.84. The first kappa shape index (κ1) is 12.3. The van der Waals surface area contributed by atoms with E-state index < -0.39 is 84.1 Å². The summed E-state index contributed by atoms with van der Waals surface area (Å²) in [5.74, 6) is 0. The van der Waals surface area contributed by atoms with Crippen LogP contribution in [-0.2, 0) is 0 Å². The molecule has 0 aliphatic carbocycles. The molecule has 0 heterocycles. The lowest BCUT2D eigenvalue weighted by Gasteiger charge is -2.19. The molecule has 8 aromatic rings. The Morgan fingerprint density at radius 3 is 1.90 bits per heavy atom. The number of rotatable bonds is 3. The molecule has 186 valence electrons. The van der Waals surface area contributed by atoms with Crippen molar-refractivity contribution in [1.82, 2.24) is 0 Å². The molecule has 0 amide bonds. The first-order valence-electron chi connectivity index (χ1n) is 20.1. The van der Waals surface area contributed by atoms with E-state index in [2.05, 4.69) is 0 Å². The van der Waals surface area contributed by atoms with Crippen LogP contribution in [0.2, 0.25) is 0 Å². The Morgan fingerprint density at radius 2 is 1.05 bits per heavy atom. The quantitative estimate of drug-likeness (QED) is 0.203. The largest absolute Gasteiger partial charge is 0.0629 e. The van der Waals surface area contributed by atoms with Gasteiger partial charge in [-0.2, -0.15) is 0 Å². The van der Waals surface area contributed by atoms with Crippen LogP contribution in [0.15, 0.2) is 157 Å². The topological polar surface area (TPSA) is 0 Å². The Kier molecular flexibility index (Phi) is 2.84. The van der Waals surface area contributed by atoms with Crippen molar-refractivity contribution in [3.05, 3.63) is 157 Å². The molecule has 0 atom stereocenters. The number of hydrogen-bond donors (Lipinski definition) is 0. The van der Waals surface area contributed by atoms with Gasteiger partial charge in [0.15, 0.2) is 0 Å². The highest BCUT2D eigenvalue weighted by Gasteiger charge is 2.18. The van der Waals surface area contributed by atoms with E-state index in [1.54, 1.807) is 18.2 Å². The smallest absolute Gasteiger partial charge is 0.0622 e. The molecule has 0 radical (unpaired) electrons. The molecule has 0 saturated carbocycles. The summed E-state index contributed by atoms with van der Waals surface area (Å²) < 4.78 is 133. The van der Waals surface area contributed by atoms with Crippen LogP contribution in [0.3, 0.4) is 0 Å². The van der Waals surface area contributed by atoms with E-state index >= 15 is 0 Å². The molecular formula is C40H26. The molecule has 0 N–H and O–H groups in total. The van der Waals surface area contributed by atoms with Crippen molar-refractivity contribution < 1.29 is 20.6 Å². The minimum absolute atomic E-state index is 0.00835. The van der Waals surface area contributed by atoms with Gasteiger partial charge in [-0.25, -0.2) is 0 Å². The van der Waals surface area contributed by atoms with Gasteiger partial charge in [-0.3, -0.25) is 0 Å². The predicted molar refractivity (Wildman–Crippen MR) is 173 cm³/mol. The SMILES string of the molecule is [2H]c1cc2c(-c3cccc4c(-c5ccc6ccccc6c5)c([2H])c([2H])c([2H])c34)c3c([2H])c([2H])c([2H])c([2H])c3c(-c3c([2H])c([2H])c([2H])c([2H])c3[2H])c2c([2H])c1[2H]. The van der Waals surface area contributed by atoms with E-state index in [9.17, 15) is 5.48 Å². The molecule has 8 aromatic carbocycles. The summed E-state index contributed by atoms with van der Waals surface area (Å²) in [7, 11) is 0. The first-order chi connectivity index (χ1) is 26.1. The fourth-order valence-corrected chi connectivity index (χ4v) is 5.49. The highest BCUT2D eigenvalue weighted by atomic mass is 14.2. The summed E-state index contributed by atoms with van der Waals surface area (Å²) in [5.41, 5.74) is 0.374. The van der Waals surface area contributed by atoms with Gasteiger partial charge in [-0.05, 0) is 82.5 Å². The van der Waals surface area contributed by atoms with E-state index in [1.165, 1.54) is 6.07 Å². The summed E-state index contributed by atoms with van der Waals surface area (Å²) in [6.07, 6.45) is 0. The van der Waals surface area contributed by atoms with E-state index in [-0.39, 0.29) is 55.7 Å². The number of benzene rings is 8. The fraction of sp³-hybridized carbons (Fsp3) is 0. The third-order valence-corrected chi connectivity index (χ3v) is 7.22. The average Bonchev–Trinajstić information content (AvgIpc) is 3.18. The highest BCUT2D eigenvalue weighted by molar-refractivity contribution is 6.24. The zero-order chi connectivity index (χ0) is 39.5. The second kappa shape index (κ2) is 9.22. The first-order valence-corrected chi connectivity index (χ1v) is 12.6. The van der Waals surface area contributed by atoms with Crippen LogP contribution in [0.25, 0.3) is 76.5 Å². The third kappa shape index (κ3) is 3.54. The maximum absolute atomic E-state index is 9.28. The van der Waals surface area contributed by atoms with Crippen LogP contribution in [0, 0.1) is 0 Å². The standard InChI is InChI=1S/C40H26/c1-2-13-28(14-3-1)39-35-16-6-8-18-37(35)40(38-19-9-7-17-36(38)39)34-23-11-21-32-31(20-10-22-33(32)34)30-25-24-27-12-4-5-15-29(27)26-30/h1-26H/i1D,2D,3D,6D,7D,8D,9D,10D,13D,14D,16D,17D,18D,20D,22D. The van der Waals surface area contributed by atoms with Crippen molar-refractivity contribution in [2.24, 2.45) is 0 Å². The van der Waals surface area contributed by atoms with Crippen LogP contribution in [0.5, 0.6) is 0 Å². The summed E-state index contributed by atoms with van der Waals surface area (Å²) in [6, 6.07) is 10.7.